The lowest BCUT2D eigenvalue weighted by Gasteiger charge is -2.11. The van der Waals surface area contributed by atoms with E-state index in [1.54, 1.807) is 24.3 Å². The molecule has 172 valence electrons. The van der Waals surface area contributed by atoms with Crippen LogP contribution in [0.15, 0.2) is 78.9 Å². The second kappa shape index (κ2) is 12.3. The molecule has 3 N–H and O–H groups in total. The molecular formula is C27H31N3O3. The topological polar surface area (TPSA) is 79.5 Å². The van der Waals surface area contributed by atoms with Crippen LogP contribution in [0.25, 0.3) is 0 Å². The number of hydrogen-bond acceptors (Lipinski definition) is 4. The molecule has 3 aromatic carbocycles. The van der Waals surface area contributed by atoms with Crippen molar-refractivity contribution in [3.63, 3.8) is 0 Å². The molecule has 33 heavy (non-hydrogen) atoms. The van der Waals surface area contributed by atoms with Gasteiger partial charge in [-0.3, -0.25) is 9.59 Å². The number of aryl methyl sites for hydroxylation is 1. The smallest absolute Gasteiger partial charge is 0.251 e. The van der Waals surface area contributed by atoms with E-state index < -0.39 is 0 Å². The third-order valence-corrected chi connectivity index (χ3v) is 4.88. The Balaban J connectivity index is 1.37. The monoisotopic (exact) mass is 445 g/mol. The van der Waals surface area contributed by atoms with Crippen molar-refractivity contribution in [2.45, 2.75) is 32.7 Å². The van der Waals surface area contributed by atoms with Gasteiger partial charge in [0.15, 0.2) is 0 Å². The predicted molar refractivity (Wildman–Crippen MR) is 133 cm³/mol. The second-order valence-corrected chi connectivity index (χ2v) is 8.07. The van der Waals surface area contributed by atoms with Crippen molar-refractivity contribution in [3.05, 3.63) is 90.0 Å². The fourth-order valence-electron chi connectivity index (χ4n) is 3.22. The summed E-state index contributed by atoms with van der Waals surface area (Å²) in [5.41, 5.74) is 3.37. The molecule has 0 spiro atoms. The van der Waals surface area contributed by atoms with Gasteiger partial charge in [-0.2, -0.15) is 0 Å². The Kier molecular flexibility index (Phi) is 8.88. The van der Waals surface area contributed by atoms with Crippen LogP contribution in [-0.4, -0.2) is 31.0 Å². The highest BCUT2D eigenvalue weighted by Crippen LogP contribution is 2.16. The lowest BCUT2D eigenvalue weighted by molar-refractivity contribution is -0.114. The molecule has 0 aliphatic heterocycles. The van der Waals surface area contributed by atoms with Gasteiger partial charge in [0.2, 0.25) is 5.91 Å². The normalized spacial score (nSPS) is 10.5. The molecule has 6 heteroatoms. The summed E-state index contributed by atoms with van der Waals surface area (Å²) in [4.78, 5) is 24.2. The number of ether oxygens (including phenoxy) is 1. The zero-order valence-corrected chi connectivity index (χ0v) is 19.1. The van der Waals surface area contributed by atoms with Gasteiger partial charge in [0, 0.05) is 23.0 Å². The molecule has 6 nitrogen and oxygen atoms in total. The minimum absolute atomic E-state index is 0.0827. The van der Waals surface area contributed by atoms with E-state index in [2.05, 4.69) is 28.1 Å². The average Bonchev–Trinajstić information content (AvgIpc) is 2.82. The van der Waals surface area contributed by atoms with E-state index in [0.29, 0.717) is 17.9 Å². The Morgan fingerprint density at radius 2 is 1.52 bits per heavy atom. The van der Waals surface area contributed by atoms with Crippen molar-refractivity contribution >= 4 is 23.2 Å². The van der Waals surface area contributed by atoms with Gasteiger partial charge in [-0.1, -0.05) is 30.3 Å². The van der Waals surface area contributed by atoms with Crippen LogP contribution in [0.4, 0.5) is 11.4 Å². The fraction of sp³-hybridized carbons (Fsp3) is 0.259. The average molecular weight is 446 g/mol. The summed E-state index contributed by atoms with van der Waals surface area (Å²) in [6.07, 6.45) is 1.92. The predicted octanol–water partition coefficient (Wildman–Crippen LogP) is 4.89. The largest absolute Gasteiger partial charge is 0.494 e. The molecule has 0 bridgehead atoms. The van der Waals surface area contributed by atoms with E-state index >= 15 is 0 Å². The number of carbonyl (C=O) groups is 2. The quantitative estimate of drug-likeness (QED) is 0.367. The van der Waals surface area contributed by atoms with E-state index in [9.17, 15) is 9.59 Å². The van der Waals surface area contributed by atoms with Crippen molar-refractivity contribution in [2.75, 3.05) is 23.8 Å². The Bertz CT molecular complexity index is 1020. The SMILES string of the molecule is CC(C)NC(=O)c1ccc(NCC(=O)Nc2ccc(OCCCc3ccccc3)cc2)cc1. The van der Waals surface area contributed by atoms with E-state index in [0.717, 1.165) is 24.3 Å². The first-order chi connectivity index (χ1) is 16.0. The Labute approximate surface area is 195 Å². The first-order valence-electron chi connectivity index (χ1n) is 11.2. The summed E-state index contributed by atoms with van der Waals surface area (Å²) in [5, 5.41) is 8.77. The highest BCUT2D eigenvalue weighted by Gasteiger charge is 2.07. The molecule has 2 amide bonds. The number of carbonyl (C=O) groups excluding carboxylic acids is 2. The summed E-state index contributed by atoms with van der Waals surface area (Å²) in [7, 11) is 0. The van der Waals surface area contributed by atoms with Crippen molar-refractivity contribution in [1.82, 2.24) is 5.32 Å². The van der Waals surface area contributed by atoms with Crippen molar-refractivity contribution < 1.29 is 14.3 Å². The first-order valence-corrected chi connectivity index (χ1v) is 11.2. The Morgan fingerprint density at radius 1 is 0.848 bits per heavy atom. The molecule has 0 saturated carbocycles. The Morgan fingerprint density at radius 3 is 2.18 bits per heavy atom. The first kappa shape index (κ1) is 23.9. The summed E-state index contributed by atoms with van der Waals surface area (Å²) in [6.45, 7) is 4.60. The molecule has 0 heterocycles. The standard InChI is InChI=1S/C27H31N3O3/c1-20(2)29-27(32)22-10-12-23(13-11-22)28-19-26(31)30-24-14-16-25(17-15-24)33-18-6-9-21-7-4-3-5-8-21/h3-5,7-8,10-17,20,28H,6,9,18-19H2,1-2H3,(H,29,32)(H,30,31). The number of nitrogens with one attached hydrogen (secondary N) is 3. The summed E-state index contributed by atoms with van der Waals surface area (Å²) >= 11 is 0. The van der Waals surface area contributed by atoms with Crippen LogP contribution in [0.2, 0.25) is 0 Å². The minimum atomic E-state index is -0.159. The van der Waals surface area contributed by atoms with E-state index in [4.69, 9.17) is 4.74 Å². The van der Waals surface area contributed by atoms with E-state index in [-0.39, 0.29) is 24.4 Å². The fourth-order valence-corrected chi connectivity index (χ4v) is 3.22. The van der Waals surface area contributed by atoms with Crippen LogP contribution in [0, 0.1) is 0 Å². The van der Waals surface area contributed by atoms with Crippen molar-refractivity contribution in [3.8, 4) is 5.75 Å². The van der Waals surface area contributed by atoms with Crippen LogP contribution in [0.1, 0.15) is 36.2 Å². The summed E-state index contributed by atoms with van der Waals surface area (Å²) in [5.74, 6) is 0.506. The Hall–Kier alpha value is -3.80. The molecule has 0 atom stereocenters. The molecule has 0 aliphatic carbocycles. The van der Waals surface area contributed by atoms with Crippen molar-refractivity contribution in [1.29, 1.82) is 0 Å². The number of anilines is 2. The summed E-state index contributed by atoms with van der Waals surface area (Å²) in [6, 6.07) is 24.8. The van der Waals surface area contributed by atoms with Crippen LogP contribution in [-0.2, 0) is 11.2 Å². The van der Waals surface area contributed by atoms with E-state index in [1.807, 2.05) is 56.3 Å². The molecule has 0 aromatic heterocycles. The second-order valence-electron chi connectivity index (χ2n) is 8.07. The maximum Gasteiger partial charge on any atom is 0.251 e. The van der Waals surface area contributed by atoms with Gasteiger partial charge in [-0.05, 0) is 80.8 Å². The van der Waals surface area contributed by atoms with Crippen LogP contribution in [0.3, 0.4) is 0 Å². The van der Waals surface area contributed by atoms with Gasteiger partial charge in [0.25, 0.3) is 5.91 Å². The van der Waals surface area contributed by atoms with Crippen LogP contribution >= 0.6 is 0 Å². The number of amides is 2. The van der Waals surface area contributed by atoms with Gasteiger partial charge in [-0.15, -0.1) is 0 Å². The lowest BCUT2D eigenvalue weighted by atomic mass is 10.1. The zero-order chi connectivity index (χ0) is 23.5. The third-order valence-electron chi connectivity index (χ3n) is 4.88. The minimum Gasteiger partial charge on any atom is -0.494 e. The van der Waals surface area contributed by atoms with Gasteiger partial charge in [0.1, 0.15) is 5.75 Å². The molecule has 0 fully saturated rings. The number of rotatable bonds is 11. The molecule has 3 aromatic rings. The van der Waals surface area contributed by atoms with Crippen LogP contribution < -0.4 is 20.7 Å². The molecule has 3 rings (SSSR count). The summed E-state index contributed by atoms with van der Waals surface area (Å²) < 4.78 is 5.79. The molecule has 0 aliphatic rings. The molecule has 0 radical (unpaired) electrons. The van der Waals surface area contributed by atoms with Gasteiger partial charge in [0.05, 0.1) is 13.2 Å². The highest BCUT2D eigenvalue weighted by molar-refractivity contribution is 5.95. The highest BCUT2D eigenvalue weighted by atomic mass is 16.5. The molecular weight excluding hydrogens is 414 g/mol. The maximum absolute atomic E-state index is 12.2. The van der Waals surface area contributed by atoms with Gasteiger partial charge in [-0.25, -0.2) is 0 Å². The third kappa shape index (κ3) is 8.33. The lowest BCUT2D eigenvalue weighted by Crippen LogP contribution is -2.30. The zero-order valence-electron chi connectivity index (χ0n) is 19.1. The molecule has 0 unspecified atom stereocenters. The van der Waals surface area contributed by atoms with Crippen molar-refractivity contribution in [2.24, 2.45) is 0 Å². The molecule has 0 saturated heterocycles. The van der Waals surface area contributed by atoms with Gasteiger partial charge >= 0.3 is 0 Å². The number of benzene rings is 3. The van der Waals surface area contributed by atoms with Crippen LogP contribution in [0.5, 0.6) is 5.75 Å². The van der Waals surface area contributed by atoms with E-state index in [1.165, 1.54) is 5.56 Å². The van der Waals surface area contributed by atoms with Gasteiger partial charge < -0.3 is 20.7 Å². The maximum atomic E-state index is 12.2. The number of hydrogen-bond donors (Lipinski definition) is 3.